The van der Waals surface area contributed by atoms with Gasteiger partial charge in [0.05, 0.1) is 24.2 Å². The highest BCUT2D eigenvalue weighted by Gasteiger charge is 2.62. The van der Waals surface area contributed by atoms with Crippen LogP contribution in [-0.4, -0.2) is 60.0 Å². The van der Waals surface area contributed by atoms with Crippen molar-refractivity contribution in [3.63, 3.8) is 0 Å². The van der Waals surface area contributed by atoms with Crippen LogP contribution < -0.4 is 10.2 Å². The van der Waals surface area contributed by atoms with Gasteiger partial charge in [0.25, 0.3) is 5.69 Å². The monoisotopic (exact) mass is 386 g/mol. The highest BCUT2D eigenvalue weighted by atomic mass is 16.6. The number of rotatable bonds is 3. The van der Waals surface area contributed by atoms with Crippen LogP contribution in [0.25, 0.3) is 0 Å². The molecule has 2 atom stereocenters. The minimum atomic E-state index is -1.61. The fourth-order valence-corrected chi connectivity index (χ4v) is 4.28. The number of nitrogens with one attached hydrogen (secondary N) is 1. The van der Waals surface area contributed by atoms with E-state index < -0.39 is 34.2 Å². The Bertz CT molecular complexity index is 915. The van der Waals surface area contributed by atoms with Crippen molar-refractivity contribution in [1.29, 1.82) is 0 Å². The van der Waals surface area contributed by atoms with Gasteiger partial charge in [0, 0.05) is 37.3 Å². The van der Waals surface area contributed by atoms with Crippen LogP contribution in [0.5, 0.6) is 0 Å². The molecule has 0 bridgehead atoms. The van der Waals surface area contributed by atoms with E-state index in [9.17, 15) is 24.5 Å². The number of fused-ring (bicyclic) bond motifs is 4. The number of non-ortho nitro benzene ring substituents is 1. The molecule has 2 saturated heterocycles. The van der Waals surface area contributed by atoms with Crippen LogP contribution in [0.15, 0.2) is 30.9 Å². The third-order valence-electron chi connectivity index (χ3n) is 5.56. The third kappa shape index (κ3) is 2.41. The van der Waals surface area contributed by atoms with Gasteiger partial charge in [-0.25, -0.2) is 4.79 Å². The molecule has 10 nitrogen and oxygen atoms in total. The van der Waals surface area contributed by atoms with Crippen molar-refractivity contribution in [3.8, 4) is 0 Å². The van der Waals surface area contributed by atoms with Crippen molar-refractivity contribution in [3.05, 3.63) is 46.5 Å². The van der Waals surface area contributed by atoms with Gasteiger partial charge in [-0.2, -0.15) is 0 Å². The van der Waals surface area contributed by atoms with E-state index in [0.29, 0.717) is 18.7 Å². The lowest BCUT2D eigenvalue weighted by Gasteiger charge is -2.53. The first-order chi connectivity index (χ1) is 13.4. The lowest BCUT2D eigenvalue weighted by atomic mass is 9.68. The van der Waals surface area contributed by atoms with Crippen LogP contribution in [0, 0.1) is 15.5 Å². The maximum absolute atomic E-state index is 13.4. The van der Waals surface area contributed by atoms with Crippen LogP contribution in [0.4, 0.5) is 16.2 Å². The summed E-state index contributed by atoms with van der Waals surface area (Å²) in [4.78, 5) is 52.1. The standard InChI is InChI=1S/C18H18N4O6/c1-2-5-21-16(24)18(15(23)19-17(21)25)9-11-8-12(22(26)27)3-4-13(11)20-6-7-28-10-14(18)20/h2-4,8,14H,1,5-7,9-10H2,(H,19,23,25)/t14-,18-/m1/s1. The van der Waals surface area contributed by atoms with Crippen LogP contribution in [-0.2, 0) is 20.7 Å². The Morgan fingerprint density at radius 2 is 2.18 bits per heavy atom. The molecule has 0 aromatic heterocycles. The Morgan fingerprint density at radius 3 is 2.89 bits per heavy atom. The summed E-state index contributed by atoms with van der Waals surface area (Å²) in [5.74, 6) is -1.35. The van der Waals surface area contributed by atoms with Gasteiger partial charge in [-0.15, -0.1) is 6.58 Å². The quantitative estimate of drug-likeness (QED) is 0.349. The predicted molar refractivity (Wildman–Crippen MR) is 96.6 cm³/mol. The molecule has 1 N–H and O–H groups in total. The van der Waals surface area contributed by atoms with Crippen LogP contribution in [0.2, 0.25) is 0 Å². The lowest BCUT2D eigenvalue weighted by molar-refractivity contribution is -0.384. The summed E-state index contributed by atoms with van der Waals surface area (Å²) in [5, 5.41) is 13.5. The smallest absolute Gasteiger partial charge is 0.331 e. The molecule has 3 aliphatic rings. The number of urea groups is 1. The SMILES string of the molecule is C=CCN1C(=O)NC(=O)[C@]2(Cc3cc([N+](=O)[O-])ccc3N3CCOC[C@@H]32)C1=O. The van der Waals surface area contributed by atoms with Crippen molar-refractivity contribution in [1.82, 2.24) is 10.2 Å². The van der Waals surface area contributed by atoms with E-state index in [4.69, 9.17) is 4.74 Å². The van der Waals surface area contributed by atoms with E-state index in [-0.39, 0.29) is 25.3 Å². The normalized spacial score (nSPS) is 26.6. The van der Waals surface area contributed by atoms with E-state index in [1.807, 2.05) is 4.90 Å². The first-order valence-corrected chi connectivity index (χ1v) is 8.80. The number of hydrogen-bond acceptors (Lipinski definition) is 7. The molecule has 146 valence electrons. The summed E-state index contributed by atoms with van der Waals surface area (Å²) >= 11 is 0. The van der Waals surface area contributed by atoms with E-state index >= 15 is 0 Å². The van der Waals surface area contributed by atoms with Crippen molar-refractivity contribution in [2.24, 2.45) is 5.41 Å². The molecular formula is C18H18N4O6. The summed E-state index contributed by atoms with van der Waals surface area (Å²) in [6, 6.07) is 3.00. The molecule has 10 heteroatoms. The van der Waals surface area contributed by atoms with Gasteiger partial charge in [-0.05, 0) is 11.6 Å². The number of morpholine rings is 1. The molecule has 3 aliphatic heterocycles. The third-order valence-corrected chi connectivity index (χ3v) is 5.56. The molecule has 0 radical (unpaired) electrons. The van der Waals surface area contributed by atoms with Gasteiger partial charge in [-0.3, -0.25) is 29.9 Å². The van der Waals surface area contributed by atoms with Crippen molar-refractivity contribution < 1.29 is 24.0 Å². The van der Waals surface area contributed by atoms with Gasteiger partial charge < -0.3 is 9.64 Å². The number of imide groups is 2. The highest BCUT2D eigenvalue weighted by Crippen LogP contribution is 2.46. The molecule has 1 spiro atoms. The van der Waals surface area contributed by atoms with Crippen LogP contribution in [0.1, 0.15) is 5.56 Å². The minimum absolute atomic E-state index is 0.0466. The van der Waals surface area contributed by atoms with E-state index in [1.54, 1.807) is 6.07 Å². The van der Waals surface area contributed by atoms with Gasteiger partial charge >= 0.3 is 6.03 Å². The maximum atomic E-state index is 13.4. The second kappa shape index (κ2) is 6.41. The molecule has 4 amide bonds. The number of anilines is 1. The molecule has 2 fully saturated rings. The Balaban J connectivity index is 1.88. The van der Waals surface area contributed by atoms with Crippen molar-refractivity contribution in [2.45, 2.75) is 12.5 Å². The number of ether oxygens (including phenoxy) is 1. The molecule has 3 heterocycles. The number of barbiturate groups is 1. The molecular weight excluding hydrogens is 368 g/mol. The first kappa shape index (κ1) is 18.1. The van der Waals surface area contributed by atoms with Gasteiger partial charge in [-0.1, -0.05) is 6.08 Å². The fourth-order valence-electron chi connectivity index (χ4n) is 4.28. The molecule has 0 aliphatic carbocycles. The lowest BCUT2D eigenvalue weighted by Crippen LogP contribution is -2.73. The number of carbonyl (C=O) groups is 3. The second-order valence-electron chi connectivity index (χ2n) is 6.97. The predicted octanol–water partition coefficient (Wildman–Crippen LogP) is 0.607. The van der Waals surface area contributed by atoms with Crippen LogP contribution in [0.3, 0.4) is 0 Å². The number of hydrogen-bond donors (Lipinski definition) is 1. The Labute approximate surface area is 159 Å². The Morgan fingerprint density at radius 1 is 1.39 bits per heavy atom. The number of nitro groups is 1. The molecule has 0 saturated carbocycles. The maximum Gasteiger partial charge on any atom is 0.331 e. The van der Waals surface area contributed by atoms with Gasteiger partial charge in [0.2, 0.25) is 11.8 Å². The summed E-state index contributed by atoms with van der Waals surface area (Å²) in [5.41, 5.74) is -0.483. The zero-order valence-electron chi connectivity index (χ0n) is 14.9. The first-order valence-electron chi connectivity index (χ1n) is 8.80. The molecule has 4 rings (SSSR count). The van der Waals surface area contributed by atoms with Crippen molar-refractivity contribution in [2.75, 3.05) is 31.2 Å². The summed E-state index contributed by atoms with van der Waals surface area (Å²) in [6.07, 6.45) is 1.35. The topological polar surface area (TPSA) is 122 Å². The molecule has 0 unspecified atom stereocenters. The Kier molecular flexibility index (Phi) is 4.15. The van der Waals surface area contributed by atoms with Crippen molar-refractivity contribution >= 4 is 29.2 Å². The average molecular weight is 386 g/mol. The highest BCUT2D eigenvalue weighted by molar-refractivity contribution is 6.20. The van der Waals surface area contributed by atoms with E-state index in [0.717, 1.165) is 10.6 Å². The summed E-state index contributed by atoms with van der Waals surface area (Å²) < 4.78 is 5.56. The zero-order valence-corrected chi connectivity index (χ0v) is 14.9. The zero-order chi connectivity index (χ0) is 20.1. The number of benzene rings is 1. The average Bonchev–Trinajstić information content (AvgIpc) is 2.69. The van der Waals surface area contributed by atoms with Gasteiger partial charge in [0.1, 0.15) is 0 Å². The largest absolute Gasteiger partial charge is 0.377 e. The molecule has 1 aromatic carbocycles. The Hall–Kier alpha value is -3.27. The number of carbonyl (C=O) groups excluding carboxylic acids is 3. The fraction of sp³-hybridized carbons (Fsp3) is 0.389. The van der Waals surface area contributed by atoms with Gasteiger partial charge in [0.15, 0.2) is 5.41 Å². The summed E-state index contributed by atoms with van der Waals surface area (Å²) in [6.45, 7) is 4.46. The molecule has 1 aromatic rings. The number of nitrogens with zero attached hydrogens (tertiary/aromatic N) is 3. The number of nitro benzene ring substituents is 1. The number of amides is 4. The molecule has 28 heavy (non-hydrogen) atoms. The summed E-state index contributed by atoms with van der Waals surface area (Å²) in [7, 11) is 0. The van der Waals surface area contributed by atoms with E-state index in [2.05, 4.69) is 11.9 Å². The second-order valence-corrected chi connectivity index (χ2v) is 6.97. The minimum Gasteiger partial charge on any atom is -0.377 e. The van der Waals surface area contributed by atoms with Crippen LogP contribution >= 0.6 is 0 Å². The van der Waals surface area contributed by atoms with E-state index in [1.165, 1.54) is 18.2 Å².